The van der Waals surface area contributed by atoms with E-state index in [4.69, 9.17) is 13.9 Å². The molecule has 6 nitrogen and oxygen atoms in total. The molecule has 0 atom stereocenters. The lowest BCUT2D eigenvalue weighted by Gasteiger charge is -2.07. The van der Waals surface area contributed by atoms with Crippen LogP contribution in [-0.4, -0.2) is 18.1 Å². The van der Waals surface area contributed by atoms with E-state index in [0.29, 0.717) is 49.7 Å². The van der Waals surface area contributed by atoms with Crippen molar-refractivity contribution in [2.24, 2.45) is 0 Å². The third-order valence-corrected chi connectivity index (χ3v) is 7.26. The second-order valence-corrected chi connectivity index (χ2v) is 9.68. The molecule has 0 radical (unpaired) electrons. The summed E-state index contributed by atoms with van der Waals surface area (Å²) in [6.45, 7) is 1.99. The van der Waals surface area contributed by atoms with Gasteiger partial charge in [0, 0.05) is 11.6 Å². The fourth-order valence-corrected chi connectivity index (χ4v) is 4.92. The fourth-order valence-electron chi connectivity index (χ4n) is 3.94. The lowest BCUT2D eigenvalue weighted by atomic mass is 10.0. The van der Waals surface area contributed by atoms with Crippen molar-refractivity contribution in [3.63, 3.8) is 0 Å². The van der Waals surface area contributed by atoms with Crippen LogP contribution in [0.3, 0.4) is 0 Å². The first-order valence-electron chi connectivity index (χ1n) is 11.6. The lowest BCUT2D eigenvalue weighted by molar-refractivity contribution is -0.137. The number of halogens is 3. The van der Waals surface area contributed by atoms with Gasteiger partial charge in [-0.25, -0.2) is 9.78 Å². The molecule has 3 aromatic carbocycles. The summed E-state index contributed by atoms with van der Waals surface area (Å²) in [4.78, 5) is 30.0. The van der Waals surface area contributed by atoms with Crippen molar-refractivity contribution in [1.29, 1.82) is 0 Å². The van der Waals surface area contributed by atoms with Gasteiger partial charge in [-0.1, -0.05) is 24.3 Å². The summed E-state index contributed by atoms with van der Waals surface area (Å²) < 4.78 is 54.9. The van der Waals surface area contributed by atoms with Gasteiger partial charge in [0.05, 0.1) is 39.8 Å². The zero-order valence-corrected chi connectivity index (χ0v) is 21.5. The van der Waals surface area contributed by atoms with Crippen molar-refractivity contribution >= 4 is 28.3 Å². The van der Waals surface area contributed by atoms with Gasteiger partial charge in [-0.3, -0.25) is 4.79 Å². The van der Waals surface area contributed by atoms with Crippen LogP contribution in [0, 0.1) is 6.92 Å². The number of alkyl halides is 3. The second-order valence-electron chi connectivity index (χ2n) is 8.60. The number of carbonyl (C=O) groups is 1. The van der Waals surface area contributed by atoms with E-state index in [1.165, 1.54) is 36.8 Å². The van der Waals surface area contributed by atoms with Crippen LogP contribution < -0.4 is 10.2 Å². The molecule has 5 rings (SSSR count). The number of hydrogen-bond acceptors (Lipinski definition) is 7. The average molecular weight is 552 g/mol. The van der Waals surface area contributed by atoms with Crippen molar-refractivity contribution in [2.75, 3.05) is 7.11 Å². The van der Waals surface area contributed by atoms with Crippen LogP contribution in [0.1, 0.15) is 26.5 Å². The topological polar surface area (TPSA) is 78.6 Å². The zero-order chi connectivity index (χ0) is 27.7. The van der Waals surface area contributed by atoms with Gasteiger partial charge in [-0.05, 0) is 48.9 Å². The maximum Gasteiger partial charge on any atom is 0.416 e. The molecule has 0 saturated heterocycles. The molecule has 0 bridgehead atoms. The van der Waals surface area contributed by atoms with Gasteiger partial charge in [0.2, 0.25) is 0 Å². The van der Waals surface area contributed by atoms with Crippen LogP contribution in [0.2, 0.25) is 0 Å². The summed E-state index contributed by atoms with van der Waals surface area (Å²) >= 11 is 1.34. The van der Waals surface area contributed by atoms with E-state index in [0.717, 1.165) is 17.0 Å². The lowest BCUT2D eigenvalue weighted by Crippen LogP contribution is -2.06. The number of esters is 1. The molecule has 5 aromatic rings. The molecule has 0 aliphatic carbocycles. The predicted octanol–water partition coefficient (Wildman–Crippen LogP) is 7.28. The Morgan fingerprint density at radius 1 is 1.00 bits per heavy atom. The summed E-state index contributed by atoms with van der Waals surface area (Å²) in [5.41, 5.74) is 2.03. The molecule has 0 saturated carbocycles. The molecule has 0 unspecified atom stereocenters. The highest BCUT2D eigenvalue weighted by Gasteiger charge is 2.30. The number of hydrogen-bond donors (Lipinski definition) is 0. The first kappa shape index (κ1) is 26.2. The molecule has 0 aliphatic heterocycles. The SMILES string of the molecule is COC(=O)c1ccc(-c2coc3cc(OCc4sc(-c5ccc(C(F)(F)F)cc5)nc4C)ccc3c2=O)cc1. The molecular weight excluding hydrogens is 531 g/mol. The number of nitrogens with zero attached hydrogens (tertiary/aromatic N) is 1. The molecule has 0 spiro atoms. The monoisotopic (exact) mass is 551 g/mol. The number of fused-ring (bicyclic) bond motifs is 1. The van der Waals surface area contributed by atoms with E-state index in [2.05, 4.69) is 4.98 Å². The number of thiazole rings is 1. The Morgan fingerprint density at radius 3 is 2.36 bits per heavy atom. The molecule has 10 heteroatoms. The Bertz CT molecular complexity index is 1720. The number of methoxy groups -OCH3 is 1. The Kier molecular flexibility index (Phi) is 6.96. The highest BCUT2D eigenvalue weighted by molar-refractivity contribution is 7.15. The van der Waals surface area contributed by atoms with Gasteiger partial charge < -0.3 is 13.9 Å². The van der Waals surface area contributed by atoms with E-state index < -0.39 is 17.7 Å². The maximum atomic E-state index is 13.1. The van der Waals surface area contributed by atoms with Gasteiger partial charge in [0.15, 0.2) is 5.43 Å². The van der Waals surface area contributed by atoms with Crippen LogP contribution in [0.15, 0.2) is 82.2 Å². The third-order valence-electron chi connectivity index (χ3n) is 6.08. The largest absolute Gasteiger partial charge is 0.488 e. The summed E-state index contributed by atoms with van der Waals surface area (Å²) in [5, 5.41) is 0.965. The Morgan fingerprint density at radius 2 is 1.69 bits per heavy atom. The van der Waals surface area contributed by atoms with Gasteiger partial charge in [-0.15, -0.1) is 11.3 Å². The maximum absolute atomic E-state index is 13.1. The first-order chi connectivity index (χ1) is 18.6. The quantitative estimate of drug-likeness (QED) is 0.207. The molecular formula is C29H20F3NO5S. The van der Waals surface area contributed by atoms with E-state index >= 15 is 0 Å². The molecule has 0 fully saturated rings. The number of benzene rings is 3. The van der Waals surface area contributed by atoms with Gasteiger partial charge in [0.25, 0.3) is 0 Å². The standard InChI is InChI=1S/C29H20F3NO5S/c1-16-25(39-27(33-16)18-7-9-20(10-8-18)29(30,31)32)15-37-21-11-12-22-24(13-21)38-14-23(26(22)34)17-3-5-19(6-4-17)28(35)36-2/h3-14H,15H2,1-2H3. The highest BCUT2D eigenvalue weighted by Crippen LogP contribution is 2.33. The second kappa shape index (κ2) is 10.4. The van der Waals surface area contributed by atoms with Crippen LogP contribution in [0.5, 0.6) is 5.75 Å². The smallest absolute Gasteiger partial charge is 0.416 e. The van der Waals surface area contributed by atoms with Crippen LogP contribution in [-0.2, 0) is 17.5 Å². The molecule has 0 aliphatic rings. The minimum Gasteiger partial charge on any atom is -0.488 e. The van der Waals surface area contributed by atoms with Crippen molar-refractivity contribution in [1.82, 2.24) is 4.98 Å². The van der Waals surface area contributed by atoms with Crippen molar-refractivity contribution < 1.29 is 31.9 Å². The average Bonchev–Trinajstić information content (AvgIpc) is 3.31. The summed E-state index contributed by atoms with van der Waals surface area (Å²) in [5.74, 6) is 0.00803. The van der Waals surface area contributed by atoms with Gasteiger partial charge in [0.1, 0.15) is 29.2 Å². The summed E-state index contributed by atoms with van der Waals surface area (Å²) in [7, 11) is 1.30. The van der Waals surface area contributed by atoms with Crippen molar-refractivity contribution in [3.8, 4) is 27.4 Å². The third kappa shape index (κ3) is 5.42. The van der Waals surface area contributed by atoms with E-state index in [-0.39, 0.29) is 12.0 Å². The number of aryl methyl sites for hydroxylation is 1. The molecule has 39 heavy (non-hydrogen) atoms. The van der Waals surface area contributed by atoms with Gasteiger partial charge in [-0.2, -0.15) is 13.2 Å². The van der Waals surface area contributed by atoms with Crippen molar-refractivity contribution in [2.45, 2.75) is 19.7 Å². The highest BCUT2D eigenvalue weighted by atomic mass is 32.1. The Labute approximate surface area is 224 Å². The predicted molar refractivity (Wildman–Crippen MR) is 141 cm³/mol. The number of rotatable bonds is 6. The Hall–Kier alpha value is -4.44. The van der Waals surface area contributed by atoms with Crippen LogP contribution >= 0.6 is 11.3 Å². The van der Waals surface area contributed by atoms with Crippen molar-refractivity contribution in [3.05, 3.63) is 105 Å². The Balaban J connectivity index is 1.32. The van der Waals surface area contributed by atoms with Crippen LogP contribution in [0.4, 0.5) is 13.2 Å². The van der Waals surface area contributed by atoms with E-state index in [9.17, 15) is 22.8 Å². The van der Waals surface area contributed by atoms with Gasteiger partial charge >= 0.3 is 12.1 Å². The molecule has 0 amide bonds. The number of carbonyl (C=O) groups excluding carboxylic acids is 1. The fraction of sp³-hybridized carbons (Fsp3) is 0.138. The zero-order valence-electron chi connectivity index (χ0n) is 20.7. The van der Waals surface area contributed by atoms with E-state index in [1.54, 1.807) is 49.4 Å². The van der Waals surface area contributed by atoms with E-state index in [1.807, 2.05) is 0 Å². The normalized spacial score (nSPS) is 11.5. The molecule has 2 aromatic heterocycles. The molecule has 2 heterocycles. The summed E-state index contributed by atoms with van der Waals surface area (Å²) in [6.07, 6.45) is -3.03. The minimum atomic E-state index is -4.39. The molecule has 198 valence electrons. The first-order valence-corrected chi connectivity index (χ1v) is 12.5. The van der Waals surface area contributed by atoms with Crippen LogP contribution in [0.25, 0.3) is 32.7 Å². The molecule has 0 N–H and O–H groups in total. The number of ether oxygens (including phenoxy) is 2. The summed E-state index contributed by atoms with van der Waals surface area (Å²) in [6, 6.07) is 16.2. The minimum absolute atomic E-state index is 0.185. The number of aromatic nitrogens is 1.